The molecule has 1 heterocycles. The lowest BCUT2D eigenvalue weighted by atomic mass is 9.94. The molecule has 0 aliphatic carbocycles. The molecule has 0 aromatic heterocycles. The van der Waals surface area contributed by atoms with Gasteiger partial charge in [0.2, 0.25) is 0 Å². The van der Waals surface area contributed by atoms with Crippen LogP contribution in [-0.4, -0.2) is 12.5 Å². The lowest BCUT2D eigenvalue weighted by Crippen LogP contribution is -2.22. The Labute approximate surface area is 111 Å². The van der Waals surface area contributed by atoms with Crippen LogP contribution in [0.3, 0.4) is 0 Å². The van der Waals surface area contributed by atoms with Crippen molar-refractivity contribution in [1.82, 2.24) is 5.43 Å². The second-order valence-corrected chi connectivity index (χ2v) is 5.10. The molecule has 2 aromatic rings. The fourth-order valence-corrected chi connectivity index (χ4v) is 2.60. The third-order valence-electron chi connectivity index (χ3n) is 3.16. The van der Waals surface area contributed by atoms with Crippen molar-refractivity contribution >= 4 is 18.0 Å². The summed E-state index contributed by atoms with van der Waals surface area (Å²) in [6.45, 7) is 0. The first-order chi connectivity index (χ1) is 8.88. The maximum Gasteiger partial charge on any atom is 0.0946 e. The predicted molar refractivity (Wildman–Crippen MR) is 77.2 cm³/mol. The van der Waals surface area contributed by atoms with Gasteiger partial charge in [-0.2, -0.15) is 5.10 Å². The second kappa shape index (κ2) is 4.86. The van der Waals surface area contributed by atoms with E-state index in [1.54, 1.807) is 11.8 Å². The Morgan fingerprint density at radius 2 is 1.83 bits per heavy atom. The summed E-state index contributed by atoms with van der Waals surface area (Å²) in [6, 6.07) is 17.2. The summed E-state index contributed by atoms with van der Waals surface area (Å²) in [5.41, 5.74) is 6.91. The summed E-state index contributed by atoms with van der Waals surface area (Å²) in [4.78, 5) is 1.28. The molecule has 18 heavy (non-hydrogen) atoms. The van der Waals surface area contributed by atoms with Crippen molar-refractivity contribution in [3.63, 3.8) is 0 Å². The zero-order valence-corrected chi connectivity index (χ0v) is 10.9. The Kier molecular flexibility index (Phi) is 3.07. The van der Waals surface area contributed by atoms with E-state index in [1.165, 1.54) is 21.6 Å². The average molecular weight is 254 g/mol. The third-order valence-corrected chi connectivity index (χ3v) is 3.91. The van der Waals surface area contributed by atoms with E-state index in [0.717, 1.165) is 0 Å². The third kappa shape index (κ3) is 2.02. The van der Waals surface area contributed by atoms with E-state index < -0.39 is 0 Å². The Morgan fingerprint density at radius 1 is 1.06 bits per heavy atom. The summed E-state index contributed by atoms with van der Waals surface area (Å²) in [5.74, 6) is 0. The fourth-order valence-electron chi connectivity index (χ4n) is 2.19. The first kappa shape index (κ1) is 11.4. The SMILES string of the molecule is CSc1ccc([C@@H]2NN=Cc3ccccc32)cc1. The molecular weight excluding hydrogens is 240 g/mol. The van der Waals surface area contributed by atoms with E-state index in [9.17, 15) is 0 Å². The van der Waals surface area contributed by atoms with E-state index in [4.69, 9.17) is 0 Å². The number of fused-ring (bicyclic) bond motifs is 1. The highest BCUT2D eigenvalue weighted by Gasteiger charge is 2.18. The van der Waals surface area contributed by atoms with Gasteiger partial charge < -0.3 is 0 Å². The van der Waals surface area contributed by atoms with Crippen molar-refractivity contribution < 1.29 is 0 Å². The standard InChI is InChI=1S/C15H14N2S/c1-18-13-8-6-11(7-9-13)15-14-5-3-2-4-12(14)10-16-17-15/h2-10,15,17H,1H3/t15-/m0/s1. The van der Waals surface area contributed by atoms with Crippen LogP contribution >= 0.6 is 11.8 Å². The van der Waals surface area contributed by atoms with Crippen molar-refractivity contribution in [3.8, 4) is 0 Å². The van der Waals surface area contributed by atoms with Gasteiger partial charge >= 0.3 is 0 Å². The molecule has 0 saturated carbocycles. The minimum absolute atomic E-state index is 0.155. The van der Waals surface area contributed by atoms with Gasteiger partial charge in [0.25, 0.3) is 0 Å². The highest BCUT2D eigenvalue weighted by molar-refractivity contribution is 7.98. The molecular formula is C15H14N2S. The number of nitrogens with one attached hydrogen (secondary N) is 1. The largest absolute Gasteiger partial charge is 0.298 e. The van der Waals surface area contributed by atoms with Gasteiger partial charge in [-0.25, -0.2) is 0 Å². The van der Waals surface area contributed by atoms with E-state index in [2.05, 4.69) is 59.2 Å². The lowest BCUT2D eigenvalue weighted by Gasteiger charge is -2.23. The smallest absolute Gasteiger partial charge is 0.0946 e. The first-order valence-corrected chi connectivity index (χ1v) is 7.12. The Balaban J connectivity index is 1.99. The van der Waals surface area contributed by atoms with Crippen LogP contribution in [0.15, 0.2) is 58.5 Å². The van der Waals surface area contributed by atoms with Crippen molar-refractivity contribution in [2.45, 2.75) is 10.9 Å². The molecule has 0 saturated heterocycles. The lowest BCUT2D eigenvalue weighted by molar-refractivity contribution is 0.631. The number of rotatable bonds is 2. The molecule has 0 radical (unpaired) electrons. The number of thioether (sulfide) groups is 1. The van der Waals surface area contributed by atoms with Gasteiger partial charge in [0.1, 0.15) is 0 Å². The van der Waals surface area contributed by atoms with Gasteiger partial charge in [0.05, 0.1) is 12.3 Å². The van der Waals surface area contributed by atoms with E-state index in [-0.39, 0.29) is 6.04 Å². The van der Waals surface area contributed by atoms with Gasteiger partial charge in [-0.05, 0) is 29.5 Å². The average Bonchev–Trinajstić information content (AvgIpc) is 2.47. The number of hydrogen-bond acceptors (Lipinski definition) is 3. The van der Waals surface area contributed by atoms with Gasteiger partial charge in [-0.15, -0.1) is 11.8 Å². The zero-order chi connectivity index (χ0) is 12.4. The minimum atomic E-state index is 0.155. The number of hydrogen-bond donors (Lipinski definition) is 1. The normalized spacial score (nSPS) is 17.1. The molecule has 0 bridgehead atoms. The zero-order valence-electron chi connectivity index (χ0n) is 10.1. The number of nitrogens with zero attached hydrogens (tertiary/aromatic N) is 1. The van der Waals surface area contributed by atoms with Gasteiger partial charge in [-0.1, -0.05) is 36.4 Å². The minimum Gasteiger partial charge on any atom is -0.298 e. The van der Waals surface area contributed by atoms with E-state index >= 15 is 0 Å². The van der Waals surface area contributed by atoms with Crippen LogP contribution in [0.25, 0.3) is 0 Å². The highest BCUT2D eigenvalue weighted by atomic mass is 32.2. The molecule has 1 aliphatic rings. The molecule has 0 amide bonds. The number of benzene rings is 2. The van der Waals surface area contributed by atoms with Crippen molar-refractivity contribution in [2.75, 3.05) is 6.26 Å². The molecule has 3 heteroatoms. The molecule has 2 aromatic carbocycles. The molecule has 0 unspecified atom stereocenters. The number of hydrazone groups is 1. The molecule has 1 aliphatic heterocycles. The summed E-state index contributed by atoms with van der Waals surface area (Å²) in [6.07, 6.45) is 3.97. The first-order valence-electron chi connectivity index (χ1n) is 5.90. The summed E-state index contributed by atoms with van der Waals surface area (Å²) < 4.78 is 0. The van der Waals surface area contributed by atoms with Crippen LogP contribution in [0.1, 0.15) is 22.7 Å². The van der Waals surface area contributed by atoms with Crippen LogP contribution in [0.4, 0.5) is 0 Å². The fraction of sp³-hybridized carbons (Fsp3) is 0.133. The highest BCUT2D eigenvalue weighted by Crippen LogP contribution is 2.28. The van der Waals surface area contributed by atoms with Gasteiger partial charge in [0, 0.05) is 10.5 Å². The van der Waals surface area contributed by atoms with E-state index in [1.807, 2.05) is 12.3 Å². The molecule has 2 nitrogen and oxygen atoms in total. The van der Waals surface area contributed by atoms with E-state index in [0.29, 0.717) is 0 Å². The van der Waals surface area contributed by atoms with Gasteiger partial charge in [0.15, 0.2) is 0 Å². The maximum absolute atomic E-state index is 4.24. The molecule has 1 atom stereocenters. The molecule has 0 spiro atoms. The second-order valence-electron chi connectivity index (χ2n) is 4.22. The maximum atomic E-state index is 4.24. The molecule has 1 N–H and O–H groups in total. The molecule has 0 fully saturated rings. The van der Waals surface area contributed by atoms with Crippen LogP contribution in [0.2, 0.25) is 0 Å². The molecule has 3 rings (SSSR count). The summed E-state index contributed by atoms with van der Waals surface area (Å²) in [7, 11) is 0. The van der Waals surface area contributed by atoms with Crippen LogP contribution in [-0.2, 0) is 0 Å². The van der Waals surface area contributed by atoms with Crippen LogP contribution in [0.5, 0.6) is 0 Å². The van der Waals surface area contributed by atoms with Crippen LogP contribution < -0.4 is 5.43 Å². The van der Waals surface area contributed by atoms with Crippen molar-refractivity contribution in [2.24, 2.45) is 5.10 Å². The Hall–Kier alpha value is -1.74. The van der Waals surface area contributed by atoms with Crippen molar-refractivity contribution in [3.05, 3.63) is 65.2 Å². The molecule has 90 valence electrons. The quantitative estimate of drug-likeness (QED) is 0.830. The Morgan fingerprint density at radius 3 is 2.61 bits per heavy atom. The predicted octanol–water partition coefficient (Wildman–Crippen LogP) is 3.44. The topological polar surface area (TPSA) is 24.4 Å². The summed E-state index contributed by atoms with van der Waals surface area (Å²) >= 11 is 1.76. The van der Waals surface area contributed by atoms with Gasteiger partial charge in [-0.3, -0.25) is 5.43 Å². The monoisotopic (exact) mass is 254 g/mol. The Bertz CT molecular complexity index is 575. The summed E-state index contributed by atoms with van der Waals surface area (Å²) in [5, 5.41) is 4.24. The van der Waals surface area contributed by atoms with Crippen LogP contribution in [0, 0.1) is 0 Å². The van der Waals surface area contributed by atoms with Crippen molar-refractivity contribution in [1.29, 1.82) is 0 Å².